The summed E-state index contributed by atoms with van der Waals surface area (Å²) in [6.07, 6.45) is 0. The zero-order valence-corrected chi connectivity index (χ0v) is 10.3. The van der Waals surface area contributed by atoms with Crippen LogP contribution in [0.3, 0.4) is 0 Å². The van der Waals surface area contributed by atoms with E-state index in [4.69, 9.17) is 0 Å². The zero-order chi connectivity index (χ0) is 13.8. The number of fused-ring (bicyclic) bond motifs is 1. The van der Waals surface area contributed by atoms with Crippen LogP contribution in [-0.2, 0) is 4.79 Å². The van der Waals surface area contributed by atoms with Crippen LogP contribution in [0.2, 0.25) is 0 Å². The Morgan fingerprint density at radius 3 is 2.74 bits per heavy atom. The molecule has 6 heteroatoms. The SMILES string of the molecule is CNC(=O)CNc1cc(C(=O)O)c2ccccc2n1. The van der Waals surface area contributed by atoms with Gasteiger partial charge in [0.15, 0.2) is 0 Å². The summed E-state index contributed by atoms with van der Waals surface area (Å²) in [5, 5.41) is 15.0. The lowest BCUT2D eigenvalue weighted by Gasteiger charge is -2.08. The first-order chi connectivity index (χ1) is 9.11. The molecule has 0 fully saturated rings. The highest BCUT2D eigenvalue weighted by Crippen LogP contribution is 2.20. The molecular weight excluding hydrogens is 246 g/mol. The number of pyridine rings is 1. The molecule has 98 valence electrons. The summed E-state index contributed by atoms with van der Waals surface area (Å²) in [4.78, 5) is 26.6. The number of para-hydroxylation sites is 1. The van der Waals surface area contributed by atoms with Crippen molar-refractivity contribution in [1.29, 1.82) is 0 Å². The number of carboxylic acids is 1. The van der Waals surface area contributed by atoms with E-state index in [1.807, 2.05) is 0 Å². The van der Waals surface area contributed by atoms with Gasteiger partial charge in [0.1, 0.15) is 5.82 Å². The summed E-state index contributed by atoms with van der Waals surface area (Å²) >= 11 is 0. The number of hydrogen-bond acceptors (Lipinski definition) is 4. The van der Waals surface area contributed by atoms with Gasteiger partial charge in [0, 0.05) is 12.4 Å². The molecule has 0 saturated heterocycles. The molecule has 1 amide bonds. The van der Waals surface area contributed by atoms with Gasteiger partial charge in [-0.15, -0.1) is 0 Å². The van der Waals surface area contributed by atoms with Crippen molar-refractivity contribution in [2.45, 2.75) is 0 Å². The Bertz CT molecular complexity index is 640. The molecule has 0 aliphatic carbocycles. The fraction of sp³-hybridized carbons (Fsp3) is 0.154. The highest BCUT2D eigenvalue weighted by Gasteiger charge is 2.11. The number of likely N-dealkylation sites (N-methyl/N-ethyl adjacent to an activating group) is 1. The average molecular weight is 259 g/mol. The number of benzene rings is 1. The molecule has 0 saturated carbocycles. The maximum Gasteiger partial charge on any atom is 0.336 e. The molecule has 0 bridgehead atoms. The van der Waals surface area contributed by atoms with Gasteiger partial charge in [-0.25, -0.2) is 9.78 Å². The van der Waals surface area contributed by atoms with Crippen molar-refractivity contribution in [3.05, 3.63) is 35.9 Å². The number of rotatable bonds is 4. The van der Waals surface area contributed by atoms with E-state index in [0.29, 0.717) is 16.7 Å². The van der Waals surface area contributed by atoms with Crippen LogP contribution in [0.25, 0.3) is 10.9 Å². The van der Waals surface area contributed by atoms with Crippen LogP contribution in [0, 0.1) is 0 Å². The number of aromatic nitrogens is 1. The number of anilines is 1. The Morgan fingerprint density at radius 2 is 2.05 bits per heavy atom. The summed E-state index contributed by atoms with van der Waals surface area (Å²) in [7, 11) is 1.53. The number of carbonyl (C=O) groups is 2. The van der Waals surface area contributed by atoms with Crippen LogP contribution in [0.4, 0.5) is 5.82 Å². The summed E-state index contributed by atoms with van der Waals surface area (Å²) in [5.74, 6) is -0.867. The normalized spacial score (nSPS) is 10.2. The molecule has 1 aromatic carbocycles. The van der Waals surface area contributed by atoms with E-state index in [1.54, 1.807) is 24.3 Å². The van der Waals surface area contributed by atoms with E-state index < -0.39 is 5.97 Å². The smallest absolute Gasteiger partial charge is 0.336 e. The lowest BCUT2D eigenvalue weighted by atomic mass is 10.1. The topological polar surface area (TPSA) is 91.3 Å². The molecule has 0 spiro atoms. The van der Waals surface area contributed by atoms with Crippen molar-refractivity contribution in [3.63, 3.8) is 0 Å². The molecule has 0 aliphatic rings. The van der Waals surface area contributed by atoms with Crippen LogP contribution >= 0.6 is 0 Å². The van der Waals surface area contributed by atoms with Gasteiger partial charge in [-0.2, -0.15) is 0 Å². The number of nitrogens with zero attached hydrogens (tertiary/aromatic N) is 1. The maximum atomic E-state index is 11.2. The molecular formula is C13H13N3O3. The molecule has 19 heavy (non-hydrogen) atoms. The number of aromatic carboxylic acids is 1. The molecule has 0 atom stereocenters. The molecule has 0 unspecified atom stereocenters. The van der Waals surface area contributed by atoms with Gasteiger partial charge < -0.3 is 15.7 Å². The highest BCUT2D eigenvalue weighted by molar-refractivity contribution is 6.03. The van der Waals surface area contributed by atoms with Gasteiger partial charge >= 0.3 is 5.97 Å². The number of carboxylic acid groups (broad SMARTS) is 1. The monoisotopic (exact) mass is 259 g/mol. The second kappa shape index (κ2) is 5.34. The minimum absolute atomic E-state index is 0.0426. The third-order valence-corrected chi connectivity index (χ3v) is 2.66. The Labute approximate surface area is 109 Å². The van der Waals surface area contributed by atoms with Crippen LogP contribution in [0.1, 0.15) is 10.4 Å². The first-order valence-electron chi connectivity index (χ1n) is 5.69. The van der Waals surface area contributed by atoms with Crippen molar-refractivity contribution in [3.8, 4) is 0 Å². The van der Waals surface area contributed by atoms with Gasteiger partial charge in [0.25, 0.3) is 0 Å². The van der Waals surface area contributed by atoms with E-state index >= 15 is 0 Å². The van der Waals surface area contributed by atoms with Crippen molar-refractivity contribution in [2.24, 2.45) is 0 Å². The lowest BCUT2D eigenvalue weighted by Crippen LogP contribution is -2.26. The summed E-state index contributed by atoms with van der Waals surface area (Å²) in [6.45, 7) is 0.0426. The van der Waals surface area contributed by atoms with E-state index in [0.717, 1.165) is 0 Å². The highest BCUT2D eigenvalue weighted by atomic mass is 16.4. The third kappa shape index (κ3) is 2.79. The standard InChI is InChI=1S/C13H13N3O3/c1-14-12(17)7-15-11-6-9(13(18)19)8-4-2-3-5-10(8)16-11/h2-6H,7H2,1H3,(H,14,17)(H,15,16)(H,18,19). The Balaban J connectivity index is 2.40. The van der Waals surface area contributed by atoms with Gasteiger partial charge in [0.2, 0.25) is 5.91 Å². The summed E-state index contributed by atoms with van der Waals surface area (Å²) in [6, 6.07) is 8.40. The lowest BCUT2D eigenvalue weighted by molar-refractivity contribution is -0.118. The Kier molecular flexibility index (Phi) is 3.61. The molecule has 1 heterocycles. The second-order valence-corrected chi connectivity index (χ2v) is 3.90. The molecule has 6 nitrogen and oxygen atoms in total. The predicted molar refractivity (Wildman–Crippen MR) is 71.3 cm³/mol. The number of carbonyl (C=O) groups excluding carboxylic acids is 1. The number of amides is 1. The first-order valence-corrected chi connectivity index (χ1v) is 5.69. The zero-order valence-electron chi connectivity index (χ0n) is 10.3. The summed E-state index contributed by atoms with van der Waals surface area (Å²) < 4.78 is 0. The van der Waals surface area contributed by atoms with E-state index in [2.05, 4.69) is 15.6 Å². The first kappa shape index (κ1) is 12.8. The van der Waals surface area contributed by atoms with E-state index in [1.165, 1.54) is 13.1 Å². The van der Waals surface area contributed by atoms with E-state index in [-0.39, 0.29) is 18.0 Å². The third-order valence-electron chi connectivity index (χ3n) is 2.66. The van der Waals surface area contributed by atoms with Gasteiger partial charge in [-0.05, 0) is 12.1 Å². The van der Waals surface area contributed by atoms with Crippen molar-refractivity contribution >= 4 is 28.6 Å². The van der Waals surface area contributed by atoms with Crippen molar-refractivity contribution < 1.29 is 14.7 Å². The summed E-state index contributed by atoms with van der Waals surface area (Å²) in [5.41, 5.74) is 0.729. The molecule has 2 rings (SSSR count). The number of hydrogen-bond donors (Lipinski definition) is 3. The molecule has 0 aliphatic heterocycles. The predicted octanol–water partition coefficient (Wildman–Crippen LogP) is 1.09. The largest absolute Gasteiger partial charge is 0.478 e. The number of nitrogens with one attached hydrogen (secondary N) is 2. The minimum atomic E-state index is -1.03. The average Bonchev–Trinajstić information content (AvgIpc) is 2.43. The van der Waals surface area contributed by atoms with Crippen LogP contribution in [-0.4, -0.2) is 35.6 Å². The fourth-order valence-electron chi connectivity index (χ4n) is 1.70. The molecule has 1 aromatic heterocycles. The van der Waals surface area contributed by atoms with Gasteiger partial charge in [-0.1, -0.05) is 18.2 Å². The van der Waals surface area contributed by atoms with Gasteiger partial charge in [-0.3, -0.25) is 4.79 Å². The van der Waals surface area contributed by atoms with Crippen LogP contribution in [0.5, 0.6) is 0 Å². The molecule has 3 N–H and O–H groups in total. The Morgan fingerprint density at radius 1 is 1.32 bits per heavy atom. The van der Waals surface area contributed by atoms with Crippen LogP contribution < -0.4 is 10.6 Å². The minimum Gasteiger partial charge on any atom is -0.478 e. The fourth-order valence-corrected chi connectivity index (χ4v) is 1.70. The van der Waals surface area contributed by atoms with E-state index in [9.17, 15) is 14.7 Å². The quantitative estimate of drug-likeness (QED) is 0.764. The molecule has 2 aromatic rings. The second-order valence-electron chi connectivity index (χ2n) is 3.90. The van der Waals surface area contributed by atoms with Crippen molar-refractivity contribution in [1.82, 2.24) is 10.3 Å². The maximum absolute atomic E-state index is 11.2. The Hall–Kier alpha value is -2.63. The van der Waals surface area contributed by atoms with Crippen molar-refractivity contribution in [2.75, 3.05) is 18.9 Å². The van der Waals surface area contributed by atoms with Gasteiger partial charge in [0.05, 0.1) is 17.6 Å². The molecule has 0 radical (unpaired) electrons. The van der Waals surface area contributed by atoms with Crippen LogP contribution in [0.15, 0.2) is 30.3 Å².